The van der Waals surface area contributed by atoms with Crippen LogP contribution >= 0.6 is 12.2 Å². The zero-order valence-electron chi connectivity index (χ0n) is 5.39. The van der Waals surface area contributed by atoms with Crippen molar-refractivity contribution in [2.45, 2.75) is 6.42 Å². The van der Waals surface area contributed by atoms with Crippen LogP contribution in [0.3, 0.4) is 0 Å². The van der Waals surface area contributed by atoms with Crippen LogP contribution in [0.1, 0.15) is 6.42 Å². The topological polar surface area (TPSA) is 93.2 Å². The molecule has 5 nitrogen and oxygen atoms in total. The highest BCUT2D eigenvalue weighted by Crippen LogP contribution is 1.71. The van der Waals surface area contributed by atoms with Gasteiger partial charge in [-0.1, -0.05) is 0 Å². The number of hydrazine groups is 1. The summed E-state index contributed by atoms with van der Waals surface area (Å²) < 4.78 is 0. The van der Waals surface area contributed by atoms with Gasteiger partial charge < -0.3 is 16.5 Å². The molecule has 0 spiro atoms. The van der Waals surface area contributed by atoms with E-state index < -0.39 is 0 Å². The summed E-state index contributed by atoms with van der Waals surface area (Å²) in [5.41, 5.74) is 7.05. The molecule has 0 fully saturated rings. The molecule has 0 heterocycles. The Balaban J connectivity index is 3.20. The predicted molar refractivity (Wildman–Crippen MR) is 41.7 cm³/mol. The van der Waals surface area contributed by atoms with E-state index >= 15 is 0 Å². The predicted octanol–water partition coefficient (Wildman–Crippen LogP) is -1.80. The normalized spacial score (nSPS) is 8.50. The van der Waals surface area contributed by atoms with E-state index in [1.165, 1.54) is 0 Å². The Labute approximate surface area is 64.1 Å². The highest BCUT2D eigenvalue weighted by Gasteiger charge is 1.93. The van der Waals surface area contributed by atoms with Crippen molar-refractivity contribution in [1.82, 2.24) is 10.7 Å². The third-order valence-corrected chi connectivity index (χ3v) is 1.05. The van der Waals surface area contributed by atoms with Crippen LogP contribution in [0.15, 0.2) is 0 Å². The molecule has 6 heteroatoms. The smallest absolute Gasteiger partial charge is 0.219 e. The standard InChI is InChI=1S/C4H10N4OS/c5-3(9)1-2-7-4(10)8-6/h1-2,6H2,(H2,5,9)(H2,7,8,10). The molecule has 0 aliphatic rings. The van der Waals surface area contributed by atoms with Gasteiger partial charge in [0, 0.05) is 13.0 Å². The summed E-state index contributed by atoms with van der Waals surface area (Å²) in [7, 11) is 0. The molecule has 0 aromatic carbocycles. The van der Waals surface area contributed by atoms with E-state index in [1.807, 2.05) is 0 Å². The largest absolute Gasteiger partial charge is 0.370 e. The first-order valence-electron chi connectivity index (χ1n) is 2.69. The number of hydrogen-bond acceptors (Lipinski definition) is 3. The van der Waals surface area contributed by atoms with E-state index in [2.05, 4.69) is 23.0 Å². The summed E-state index contributed by atoms with van der Waals surface area (Å²) in [6.45, 7) is 0.415. The Morgan fingerprint density at radius 1 is 1.60 bits per heavy atom. The quantitative estimate of drug-likeness (QED) is 0.223. The minimum atomic E-state index is -0.368. The van der Waals surface area contributed by atoms with Crippen molar-refractivity contribution in [2.24, 2.45) is 11.6 Å². The molecule has 0 bridgehead atoms. The van der Waals surface area contributed by atoms with Crippen molar-refractivity contribution in [3.63, 3.8) is 0 Å². The van der Waals surface area contributed by atoms with Crippen LogP contribution in [0.4, 0.5) is 0 Å². The van der Waals surface area contributed by atoms with Crippen molar-refractivity contribution >= 4 is 23.2 Å². The minimum Gasteiger partial charge on any atom is -0.370 e. The number of carbonyl (C=O) groups excluding carboxylic acids is 1. The van der Waals surface area contributed by atoms with Gasteiger partial charge in [0.15, 0.2) is 5.11 Å². The van der Waals surface area contributed by atoms with Gasteiger partial charge >= 0.3 is 0 Å². The SMILES string of the molecule is NNC(=S)NCCC(N)=O. The minimum absolute atomic E-state index is 0.252. The number of hydrogen-bond donors (Lipinski definition) is 4. The number of amides is 1. The van der Waals surface area contributed by atoms with Gasteiger partial charge in [-0.25, -0.2) is 5.84 Å². The second-order valence-corrected chi connectivity index (χ2v) is 2.02. The average molecular weight is 162 g/mol. The Kier molecular flexibility index (Phi) is 4.51. The summed E-state index contributed by atoms with van der Waals surface area (Å²) >= 11 is 4.61. The fourth-order valence-corrected chi connectivity index (χ4v) is 0.452. The lowest BCUT2D eigenvalue weighted by Crippen LogP contribution is -2.40. The maximum Gasteiger partial charge on any atom is 0.219 e. The molecular formula is C4H10N4OS. The second kappa shape index (κ2) is 4.95. The van der Waals surface area contributed by atoms with Crippen molar-refractivity contribution in [1.29, 1.82) is 0 Å². The number of carbonyl (C=O) groups is 1. The molecule has 1 amide bonds. The van der Waals surface area contributed by atoms with Crippen LogP contribution in [0.2, 0.25) is 0 Å². The fourth-order valence-electron chi connectivity index (χ4n) is 0.350. The lowest BCUT2D eigenvalue weighted by Gasteiger charge is -2.03. The monoisotopic (exact) mass is 162 g/mol. The summed E-state index contributed by atoms with van der Waals surface area (Å²) in [4.78, 5) is 10.2. The van der Waals surface area contributed by atoms with Gasteiger partial charge in [0.2, 0.25) is 5.91 Å². The molecule has 10 heavy (non-hydrogen) atoms. The van der Waals surface area contributed by atoms with Crippen molar-refractivity contribution in [3.05, 3.63) is 0 Å². The van der Waals surface area contributed by atoms with Gasteiger partial charge in [0.1, 0.15) is 0 Å². The van der Waals surface area contributed by atoms with Crippen LogP contribution in [-0.4, -0.2) is 17.6 Å². The third-order valence-electron chi connectivity index (χ3n) is 0.788. The molecule has 0 aromatic rings. The van der Waals surface area contributed by atoms with Crippen LogP contribution in [0.5, 0.6) is 0 Å². The third kappa shape index (κ3) is 5.26. The van der Waals surface area contributed by atoms with Gasteiger partial charge in [-0.3, -0.25) is 4.79 Å². The molecule has 6 N–H and O–H groups in total. The molecule has 0 aromatic heterocycles. The average Bonchev–Trinajstić information content (AvgIpc) is 1.87. The lowest BCUT2D eigenvalue weighted by molar-refractivity contribution is -0.117. The van der Waals surface area contributed by atoms with Gasteiger partial charge in [0.05, 0.1) is 0 Å². The van der Waals surface area contributed by atoms with E-state index in [-0.39, 0.29) is 12.3 Å². The molecular weight excluding hydrogens is 152 g/mol. The summed E-state index contributed by atoms with van der Waals surface area (Å²) in [5.74, 6) is 4.55. The van der Waals surface area contributed by atoms with Gasteiger partial charge in [-0.05, 0) is 12.2 Å². The van der Waals surface area contributed by atoms with E-state index in [1.54, 1.807) is 0 Å². The Bertz CT molecular complexity index is 137. The van der Waals surface area contributed by atoms with Crippen LogP contribution < -0.4 is 22.3 Å². The summed E-state index contributed by atoms with van der Waals surface area (Å²) in [6, 6.07) is 0. The van der Waals surface area contributed by atoms with E-state index in [4.69, 9.17) is 11.6 Å². The molecule has 0 radical (unpaired) electrons. The molecule has 58 valence electrons. The first-order valence-corrected chi connectivity index (χ1v) is 3.10. The van der Waals surface area contributed by atoms with Crippen molar-refractivity contribution in [3.8, 4) is 0 Å². The number of thiocarbonyl (C=S) groups is 1. The molecule has 0 aliphatic heterocycles. The van der Waals surface area contributed by atoms with E-state index in [0.717, 1.165) is 0 Å². The first kappa shape index (κ1) is 9.12. The van der Waals surface area contributed by atoms with E-state index in [9.17, 15) is 4.79 Å². The lowest BCUT2D eigenvalue weighted by atomic mass is 10.4. The van der Waals surface area contributed by atoms with Crippen molar-refractivity contribution < 1.29 is 4.79 Å². The zero-order valence-corrected chi connectivity index (χ0v) is 6.20. The number of primary amides is 1. The second-order valence-electron chi connectivity index (χ2n) is 1.62. The molecule has 0 unspecified atom stereocenters. The molecule has 0 rings (SSSR count). The number of nitrogens with one attached hydrogen (secondary N) is 2. The van der Waals surface area contributed by atoms with Gasteiger partial charge in [0.25, 0.3) is 0 Å². The van der Waals surface area contributed by atoms with Gasteiger partial charge in [-0.2, -0.15) is 0 Å². The summed E-state index contributed by atoms with van der Waals surface area (Å²) in [5, 5.41) is 2.96. The van der Waals surface area contributed by atoms with Crippen LogP contribution in [0.25, 0.3) is 0 Å². The Hall–Kier alpha value is -0.880. The first-order chi connectivity index (χ1) is 4.66. The van der Waals surface area contributed by atoms with Crippen LogP contribution in [-0.2, 0) is 4.79 Å². The molecule has 0 aliphatic carbocycles. The Morgan fingerprint density at radius 3 is 2.60 bits per heavy atom. The molecule has 0 atom stereocenters. The van der Waals surface area contributed by atoms with E-state index in [0.29, 0.717) is 11.7 Å². The highest BCUT2D eigenvalue weighted by atomic mass is 32.1. The zero-order chi connectivity index (χ0) is 7.98. The fraction of sp³-hybridized carbons (Fsp3) is 0.500. The number of rotatable bonds is 3. The maximum absolute atomic E-state index is 10.2. The summed E-state index contributed by atoms with van der Waals surface area (Å²) in [6.07, 6.45) is 0.252. The molecule has 0 saturated heterocycles. The van der Waals surface area contributed by atoms with Crippen LogP contribution in [0, 0.1) is 0 Å². The Morgan fingerprint density at radius 2 is 2.20 bits per heavy atom. The maximum atomic E-state index is 10.2. The van der Waals surface area contributed by atoms with Crippen molar-refractivity contribution in [2.75, 3.05) is 6.54 Å². The molecule has 0 saturated carbocycles. The highest BCUT2D eigenvalue weighted by molar-refractivity contribution is 7.80. The van der Waals surface area contributed by atoms with Gasteiger partial charge in [-0.15, -0.1) is 0 Å². The number of nitrogens with two attached hydrogens (primary N) is 2.